The SMILES string of the molecule is CCOC(=O)C1(c2c(F)cccc2I)C=C(C)ON1. The van der Waals surface area contributed by atoms with Crippen LogP contribution in [0.25, 0.3) is 0 Å². The van der Waals surface area contributed by atoms with E-state index in [2.05, 4.69) is 5.48 Å². The van der Waals surface area contributed by atoms with E-state index in [0.717, 1.165) is 0 Å². The van der Waals surface area contributed by atoms with Gasteiger partial charge in [0.25, 0.3) is 0 Å². The van der Waals surface area contributed by atoms with E-state index in [0.29, 0.717) is 9.33 Å². The number of hydrogen-bond donors (Lipinski definition) is 1. The molecule has 0 spiro atoms. The van der Waals surface area contributed by atoms with Gasteiger partial charge >= 0.3 is 5.97 Å². The van der Waals surface area contributed by atoms with Gasteiger partial charge < -0.3 is 9.57 Å². The Bertz CT molecular complexity index is 526. The van der Waals surface area contributed by atoms with Gasteiger partial charge in [0.1, 0.15) is 11.6 Å². The van der Waals surface area contributed by atoms with Gasteiger partial charge in [-0.05, 0) is 54.6 Å². The number of allylic oxidation sites excluding steroid dienone is 1. The summed E-state index contributed by atoms with van der Waals surface area (Å²) >= 11 is 1.98. The van der Waals surface area contributed by atoms with Crippen LogP contribution in [0.4, 0.5) is 4.39 Å². The molecule has 0 radical (unpaired) electrons. The highest BCUT2D eigenvalue weighted by atomic mass is 127. The van der Waals surface area contributed by atoms with Crippen molar-refractivity contribution in [3.63, 3.8) is 0 Å². The van der Waals surface area contributed by atoms with E-state index in [1.54, 1.807) is 26.0 Å². The number of rotatable bonds is 3. The highest BCUT2D eigenvalue weighted by molar-refractivity contribution is 14.1. The Hall–Kier alpha value is -1.15. The Morgan fingerprint density at radius 3 is 2.84 bits per heavy atom. The van der Waals surface area contributed by atoms with Crippen LogP contribution in [0.2, 0.25) is 0 Å². The lowest BCUT2D eigenvalue weighted by Gasteiger charge is -2.25. The predicted molar refractivity (Wildman–Crippen MR) is 75.4 cm³/mol. The number of hydroxylamine groups is 1. The smallest absolute Gasteiger partial charge is 0.338 e. The molecule has 4 nitrogen and oxygen atoms in total. The van der Waals surface area contributed by atoms with Crippen LogP contribution in [-0.2, 0) is 19.9 Å². The second-order valence-electron chi connectivity index (χ2n) is 4.08. The molecule has 0 bridgehead atoms. The molecule has 1 heterocycles. The summed E-state index contributed by atoms with van der Waals surface area (Å²) in [6.45, 7) is 3.59. The molecular formula is C13H13FINO3. The van der Waals surface area contributed by atoms with Crippen LogP contribution in [0, 0.1) is 9.39 Å². The van der Waals surface area contributed by atoms with Crippen LogP contribution < -0.4 is 5.48 Å². The molecule has 1 aromatic rings. The zero-order valence-corrected chi connectivity index (χ0v) is 12.7. The number of esters is 1. The minimum atomic E-state index is -1.43. The maximum atomic E-state index is 14.1. The highest BCUT2D eigenvalue weighted by Crippen LogP contribution is 2.35. The maximum absolute atomic E-state index is 14.1. The Morgan fingerprint density at radius 1 is 1.58 bits per heavy atom. The fourth-order valence-corrected chi connectivity index (χ4v) is 2.86. The lowest BCUT2D eigenvalue weighted by Crippen LogP contribution is -2.46. The molecule has 19 heavy (non-hydrogen) atoms. The van der Waals surface area contributed by atoms with Crippen molar-refractivity contribution in [2.24, 2.45) is 0 Å². The van der Waals surface area contributed by atoms with Gasteiger partial charge in [0.05, 0.1) is 6.61 Å². The molecule has 6 heteroatoms. The number of benzene rings is 1. The first-order valence-electron chi connectivity index (χ1n) is 5.76. The zero-order valence-electron chi connectivity index (χ0n) is 10.5. The zero-order chi connectivity index (χ0) is 14.0. The third-order valence-corrected chi connectivity index (χ3v) is 3.65. The molecule has 2 rings (SSSR count). The molecule has 0 amide bonds. The van der Waals surface area contributed by atoms with E-state index in [-0.39, 0.29) is 12.2 Å². The summed E-state index contributed by atoms with van der Waals surface area (Å²) in [6, 6.07) is 4.62. The van der Waals surface area contributed by atoms with Gasteiger partial charge in [-0.15, -0.1) is 5.48 Å². The average Bonchev–Trinajstić information content (AvgIpc) is 2.73. The number of hydrogen-bond acceptors (Lipinski definition) is 4. The summed E-state index contributed by atoms with van der Waals surface area (Å²) < 4.78 is 19.8. The summed E-state index contributed by atoms with van der Waals surface area (Å²) in [5.41, 5.74) is 1.38. The minimum absolute atomic E-state index is 0.209. The van der Waals surface area contributed by atoms with E-state index in [4.69, 9.17) is 9.57 Å². The molecule has 0 saturated carbocycles. The summed E-state index contributed by atoms with van der Waals surface area (Å²) in [7, 11) is 0. The number of carbonyl (C=O) groups excluding carboxylic acids is 1. The van der Waals surface area contributed by atoms with Gasteiger partial charge in [0, 0.05) is 9.13 Å². The third-order valence-electron chi connectivity index (χ3n) is 2.75. The van der Waals surface area contributed by atoms with E-state index in [1.165, 1.54) is 12.1 Å². The summed E-state index contributed by atoms with van der Waals surface area (Å²) in [5.74, 6) is -0.580. The largest absolute Gasteiger partial charge is 0.464 e. The summed E-state index contributed by atoms with van der Waals surface area (Å²) in [6.07, 6.45) is 1.53. The van der Waals surface area contributed by atoms with E-state index in [1.807, 2.05) is 22.6 Å². The molecule has 1 N–H and O–H groups in total. The number of halogens is 2. The van der Waals surface area contributed by atoms with Crippen molar-refractivity contribution < 1.29 is 18.8 Å². The molecule has 1 aliphatic heterocycles. The van der Waals surface area contributed by atoms with Gasteiger partial charge in [0.15, 0.2) is 0 Å². The third kappa shape index (κ3) is 2.46. The Morgan fingerprint density at radius 2 is 2.32 bits per heavy atom. The van der Waals surface area contributed by atoms with Crippen molar-refractivity contribution in [2.45, 2.75) is 19.4 Å². The fraction of sp³-hybridized carbons (Fsp3) is 0.308. The first-order chi connectivity index (χ1) is 9.01. The highest BCUT2D eigenvalue weighted by Gasteiger charge is 2.47. The summed E-state index contributed by atoms with van der Waals surface area (Å²) in [5, 5.41) is 0. The molecule has 1 unspecified atom stereocenters. The quantitative estimate of drug-likeness (QED) is 0.650. The van der Waals surface area contributed by atoms with Crippen LogP contribution in [0.5, 0.6) is 0 Å². The molecule has 1 aliphatic rings. The van der Waals surface area contributed by atoms with Crippen molar-refractivity contribution in [3.05, 3.63) is 45.0 Å². The standard InChI is InChI=1S/C13H13FINO3/c1-3-18-12(17)13(7-8(2)19-16-13)11-9(14)5-4-6-10(11)15/h4-7,16H,3H2,1-2H3. The Kier molecular flexibility index (Phi) is 4.10. The van der Waals surface area contributed by atoms with Crippen LogP contribution in [0.1, 0.15) is 19.4 Å². The lowest BCUT2D eigenvalue weighted by atomic mass is 9.90. The topological polar surface area (TPSA) is 47.6 Å². The van der Waals surface area contributed by atoms with Crippen LogP contribution in [0.15, 0.2) is 30.0 Å². The first kappa shape index (κ1) is 14.3. The van der Waals surface area contributed by atoms with Gasteiger partial charge in [-0.3, -0.25) is 0 Å². The molecule has 0 aliphatic carbocycles. The normalized spacial score (nSPS) is 21.8. The van der Waals surface area contributed by atoms with Crippen LogP contribution in [0.3, 0.4) is 0 Å². The summed E-state index contributed by atoms with van der Waals surface area (Å²) in [4.78, 5) is 17.4. The van der Waals surface area contributed by atoms with Crippen molar-refractivity contribution in [2.75, 3.05) is 6.61 Å². The molecular weight excluding hydrogens is 364 g/mol. The van der Waals surface area contributed by atoms with Gasteiger partial charge in [0.2, 0.25) is 5.54 Å². The number of carbonyl (C=O) groups is 1. The van der Waals surface area contributed by atoms with E-state index in [9.17, 15) is 9.18 Å². The maximum Gasteiger partial charge on any atom is 0.338 e. The monoisotopic (exact) mass is 377 g/mol. The first-order valence-corrected chi connectivity index (χ1v) is 6.84. The van der Waals surface area contributed by atoms with Crippen LogP contribution in [-0.4, -0.2) is 12.6 Å². The average molecular weight is 377 g/mol. The molecule has 102 valence electrons. The van der Waals surface area contributed by atoms with Crippen LogP contribution >= 0.6 is 22.6 Å². The molecule has 0 saturated heterocycles. The second kappa shape index (κ2) is 5.46. The van der Waals surface area contributed by atoms with Crippen molar-refractivity contribution in [1.82, 2.24) is 5.48 Å². The number of nitrogens with one attached hydrogen (secondary N) is 1. The molecule has 1 atom stereocenters. The van der Waals surface area contributed by atoms with Gasteiger partial charge in [-0.2, -0.15) is 0 Å². The Balaban J connectivity index is 2.60. The van der Waals surface area contributed by atoms with E-state index < -0.39 is 17.3 Å². The van der Waals surface area contributed by atoms with Crippen molar-refractivity contribution in [1.29, 1.82) is 0 Å². The Labute approximate surface area is 124 Å². The lowest BCUT2D eigenvalue weighted by molar-refractivity contribution is -0.152. The second-order valence-corrected chi connectivity index (χ2v) is 5.25. The molecule has 0 fully saturated rings. The fourth-order valence-electron chi connectivity index (χ4n) is 1.97. The molecule has 0 aromatic heterocycles. The minimum Gasteiger partial charge on any atom is -0.464 e. The van der Waals surface area contributed by atoms with Gasteiger partial charge in [-0.1, -0.05) is 6.07 Å². The predicted octanol–water partition coefficient (Wildman–Crippen LogP) is 2.63. The van der Waals surface area contributed by atoms with E-state index >= 15 is 0 Å². The van der Waals surface area contributed by atoms with Crippen molar-refractivity contribution in [3.8, 4) is 0 Å². The van der Waals surface area contributed by atoms with Crippen molar-refractivity contribution >= 4 is 28.6 Å². The number of ether oxygens (including phenoxy) is 1. The van der Waals surface area contributed by atoms with Gasteiger partial charge in [-0.25, -0.2) is 9.18 Å². The molecule has 1 aromatic carbocycles.